The number of amides is 1. The number of thiol groups is 1. The highest BCUT2D eigenvalue weighted by Gasteiger charge is 2.29. The van der Waals surface area contributed by atoms with E-state index in [1.807, 2.05) is 29.4 Å². The van der Waals surface area contributed by atoms with Crippen molar-refractivity contribution in [2.24, 2.45) is 5.73 Å². The minimum Gasteiger partial charge on any atom is -0.341 e. The van der Waals surface area contributed by atoms with Crippen molar-refractivity contribution in [1.82, 2.24) is 19.8 Å². The summed E-state index contributed by atoms with van der Waals surface area (Å²) in [6, 6.07) is 8.01. The van der Waals surface area contributed by atoms with Gasteiger partial charge in [0.15, 0.2) is 0 Å². The third-order valence-electron chi connectivity index (χ3n) is 5.75. The summed E-state index contributed by atoms with van der Waals surface area (Å²) in [5.74, 6) is 0.383. The summed E-state index contributed by atoms with van der Waals surface area (Å²) in [5.41, 5.74) is 10.5. The zero-order chi connectivity index (χ0) is 20.8. The average Bonchev–Trinajstić information content (AvgIpc) is 2.75. The molecule has 2 N–H and O–H groups in total. The molecule has 3 heterocycles. The van der Waals surface area contributed by atoms with Gasteiger partial charge in [-0.25, -0.2) is 0 Å². The lowest BCUT2D eigenvalue weighted by Crippen LogP contribution is -2.51. The molecule has 2 aromatic heterocycles. The third kappa shape index (κ3) is 5.56. The molecule has 1 atom stereocenters. The van der Waals surface area contributed by atoms with Crippen LogP contribution >= 0.6 is 12.6 Å². The fourth-order valence-corrected chi connectivity index (χ4v) is 3.99. The quantitative estimate of drug-likeness (QED) is 0.682. The first kappa shape index (κ1) is 21.7. The van der Waals surface area contributed by atoms with Crippen LogP contribution in [0.25, 0.3) is 0 Å². The molecule has 1 fully saturated rings. The number of nitrogens with zero attached hydrogens (tertiary/aromatic N) is 4. The van der Waals surface area contributed by atoms with Crippen LogP contribution in [0.2, 0.25) is 0 Å². The molecule has 0 spiro atoms. The van der Waals surface area contributed by atoms with Crippen LogP contribution in [0.15, 0.2) is 36.7 Å². The van der Waals surface area contributed by atoms with Crippen molar-refractivity contribution in [2.75, 3.05) is 18.8 Å². The van der Waals surface area contributed by atoms with Crippen molar-refractivity contribution < 1.29 is 4.79 Å². The van der Waals surface area contributed by atoms with Crippen LogP contribution in [-0.2, 0) is 17.9 Å². The normalized spacial score (nSPS) is 16.2. The Morgan fingerprint density at radius 1 is 1.14 bits per heavy atom. The molecule has 0 unspecified atom stereocenters. The van der Waals surface area contributed by atoms with Crippen molar-refractivity contribution in [2.45, 2.75) is 51.9 Å². The van der Waals surface area contributed by atoms with Crippen LogP contribution in [0, 0.1) is 13.8 Å². The molecule has 3 rings (SSSR count). The van der Waals surface area contributed by atoms with E-state index >= 15 is 0 Å². The summed E-state index contributed by atoms with van der Waals surface area (Å²) in [5, 5.41) is 0. The molecule has 0 saturated carbocycles. The Hall–Kier alpha value is -1.96. The fourth-order valence-electron chi connectivity index (χ4n) is 3.83. The highest BCUT2D eigenvalue weighted by molar-refractivity contribution is 7.80. The van der Waals surface area contributed by atoms with E-state index in [2.05, 4.69) is 53.5 Å². The minimum absolute atomic E-state index is 0.00569. The number of hydrogen-bond acceptors (Lipinski definition) is 6. The molecule has 0 radical (unpaired) electrons. The maximum atomic E-state index is 12.4. The van der Waals surface area contributed by atoms with Crippen molar-refractivity contribution in [3.05, 3.63) is 59.2 Å². The highest BCUT2D eigenvalue weighted by atomic mass is 32.1. The van der Waals surface area contributed by atoms with Gasteiger partial charge in [-0.05, 0) is 49.9 Å². The van der Waals surface area contributed by atoms with Gasteiger partial charge in [0.25, 0.3) is 0 Å². The van der Waals surface area contributed by atoms with E-state index in [-0.39, 0.29) is 5.91 Å². The summed E-state index contributed by atoms with van der Waals surface area (Å²) >= 11 is 4.16. The highest BCUT2D eigenvalue weighted by Crippen LogP contribution is 2.22. The lowest BCUT2D eigenvalue weighted by atomic mass is 10.0. The van der Waals surface area contributed by atoms with E-state index in [9.17, 15) is 4.79 Å². The number of aryl methyl sites for hydroxylation is 2. The number of nitrogens with two attached hydrogens (primary N) is 1. The van der Waals surface area contributed by atoms with Crippen LogP contribution in [-0.4, -0.2) is 56.6 Å². The lowest BCUT2D eigenvalue weighted by Gasteiger charge is -2.39. The first-order valence-corrected chi connectivity index (χ1v) is 10.8. The maximum absolute atomic E-state index is 12.4. The molecule has 1 saturated heterocycles. The summed E-state index contributed by atoms with van der Waals surface area (Å²) in [6.07, 6.45) is 5.55. The predicted molar refractivity (Wildman–Crippen MR) is 119 cm³/mol. The maximum Gasteiger partial charge on any atom is 0.240 e. The van der Waals surface area contributed by atoms with Gasteiger partial charge >= 0.3 is 0 Å². The molecule has 1 aliphatic rings. The summed E-state index contributed by atoms with van der Waals surface area (Å²) < 4.78 is 0. The number of likely N-dealkylation sites (tertiary alicyclic amines) is 1. The van der Waals surface area contributed by atoms with E-state index in [1.165, 1.54) is 11.1 Å². The number of pyridine rings is 2. The molecule has 2 aromatic rings. The van der Waals surface area contributed by atoms with E-state index < -0.39 is 6.04 Å². The number of rotatable bonds is 7. The number of aromatic nitrogens is 2. The SMILES string of the molecule is Cc1cccnc1CN(Cc1ncccc1C)C1CCN(C(=O)[C@H](N)CS)CC1. The fraction of sp³-hybridized carbons (Fsp3) is 0.500. The summed E-state index contributed by atoms with van der Waals surface area (Å²) in [7, 11) is 0. The van der Waals surface area contributed by atoms with E-state index in [4.69, 9.17) is 5.73 Å². The Kier molecular flexibility index (Phi) is 7.64. The third-order valence-corrected chi connectivity index (χ3v) is 6.14. The number of carbonyl (C=O) groups is 1. The van der Waals surface area contributed by atoms with Crippen LogP contribution in [0.5, 0.6) is 0 Å². The van der Waals surface area contributed by atoms with Gasteiger partial charge in [0.2, 0.25) is 5.91 Å². The summed E-state index contributed by atoms with van der Waals surface area (Å²) in [4.78, 5) is 25.9. The molecule has 7 heteroatoms. The lowest BCUT2D eigenvalue weighted by molar-refractivity contribution is -0.133. The Morgan fingerprint density at radius 2 is 1.66 bits per heavy atom. The summed E-state index contributed by atoms with van der Waals surface area (Å²) in [6.45, 7) is 7.21. The van der Waals surface area contributed by atoms with Crippen LogP contribution in [0.4, 0.5) is 0 Å². The topological polar surface area (TPSA) is 75.4 Å². The second kappa shape index (κ2) is 10.2. The monoisotopic (exact) mass is 413 g/mol. The molecule has 156 valence electrons. The van der Waals surface area contributed by atoms with Gasteiger partial charge in [0.1, 0.15) is 0 Å². The molecule has 1 aliphatic heterocycles. The number of piperidine rings is 1. The van der Waals surface area contributed by atoms with Crippen LogP contribution < -0.4 is 5.73 Å². The van der Waals surface area contributed by atoms with Gasteiger partial charge in [-0.3, -0.25) is 19.7 Å². The van der Waals surface area contributed by atoms with Crippen molar-refractivity contribution in [3.63, 3.8) is 0 Å². The molecule has 0 aromatic carbocycles. The number of carbonyl (C=O) groups excluding carboxylic acids is 1. The number of hydrogen-bond donors (Lipinski definition) is 2. The molecule has 0 aliphatic carbocycles. The van der Waals surface area contributed by atoms with Gasteiger partial charge < -0.3 is 10.6 Å². The van der Waals surface area contributed by atoms with Crippen LogP contribution in [0.3, 0.4) is 0 Å². The van der Waals surface area contributed by atoms with Crippen molar-refractivity contribution in [3.8, 4) is 0 Å². The Bertz CT molecular complexity index is 775. The average molecular weight is 414 g/mol. The van der Waals surface area contributed by atoms with Gasteiger partial charge in [-0.1, -0.05) is 12.1 Å². The molecule has 0 bridgehead atoms. The van der Waals surface area contributed by atoms with Crippen LogP contribution in [0.1, 0.15) is 35.4 Å². The smallest absolute Gasteiger partial charge is 0.240 e. The Labute approximate surface area is 178 Å². The van der Waals surface area contributed by atoms with Gasteiger partial charge in [-0.15, -0.1) is 0 Å². The van der Waals surface area contributed by atoms with Gasteiger partial charge in [-0.2, -0.15) is 12.6 Å². The zero-order valence-corrected chi connectivity index (χ0v) is 18.2. The molecule has 29 heavy (non-hydrogen) atoms. The molecular weight excluding hydrogens is 382 g/mol. The standard InChI is InChI=1S/C22H31N5OS/c1-16-5-3-9-24-20(16)13-27(14-21-17(2)6-4-10-25-21)18-7-11-26(12-8-18)22(28)19(23)15-29/h3-6,9-10,18-19,29H,7-8,11-15,23H2,1-2H3/t19-/m1/s1. The van der Waals surface area contributed by atoms with E-state index in [0.29, 0.717) is 11.8 Å². The second-order valence-electron chi connectivity index (χ2n) is 7.78. The molecular formula is C22H31N5OS. The van der Waals surface area contributed by atoms with Gasteiger partial charge in [0.05, 0.1) is 17.4 Å². The van der Waals surface area contributed by atoms with Crippen molar-refractivity contribution in [1.29, 1.82) is 0 Å². The van der Waals surface area contributed by atoms with E-state index in [1.54, 1.807) is 0 Å². The first-order chi connectivity index (χ1) is 14.0. The zero-order valence-electron chi connectivity index (χ0n) is 17.3. The largest absolute Gasteiger partial charge is 0.341 e. The Balaban J connectivity index is 1.74. The van der Waals surface area contributed by atoms with Gasteiger partial charge in [0, 0.05) is 50.4 Å². The molecule has 6 nitrogen and oxygen atoms in total. The second-order valence-corrected chi connectivity index (χ2v) is 8.15. The molecule has 1 amide bonds. The minimum atomic E-state index is -0.515. The predicted octanol–water partition coefficient (Wildman–Crippen LogP) is 2.34. The Morgan fingerprint density at radius 3 is 2.10 bits per heavy atom. The first-order valence-electron chi connectivity index (χ1n) is 10.2. The van der Waals surface area contributed by atoms with E-state index in [0.717, 1.165) is 50.4 Å². The van der Waals surface area contributed by atoms with Crippen molar-refractivity contribution >= 4 is 18.5 Å².